The highest BCUT2D eigenvalue weighted by Gasteiger charge is 2.56. The predicted molar refractivity (Wildman–Crippen MR) is 103 cm³/mol. The summed E-state index contributed by atoms with van der Waals surface area (Å²) in [4.78, 5) is 26.8. The van der Waals surface area contributed by atoms with E-state index in [2.05, 4.69) is 0 Å². The zero-order valence-electron chi connectivity index (χ0n) is 16.5. The van der Waals surface area contributed by atoms with E-state index in [1.165, 1.54) is 0 Å². The fourth-order valence-corrected chi connectivity index (χ4v) is 3.75. The highest BCUT2D eigenvalue weighted by Crippen LogP contribution is 2.48. The number of rotatable bonds is 5. The van der Waals surface area contributed by atoms with E-state index in [0.717, 1.165) is 12.0 Å². The average Bonchev–Trinajstić information content (AvgIpc) is 3.27. The molecule has 0 unspecified atom stereocenters. The number of carbonyl (C=O) groups is 2. The minimum Gasteiger partial charge on any atom is -0.444 e. The normalized spacial score (nSPS) is 24.9. The van der Waals surface area contributed by atoms with Gasteiger partial charge in [0.05, 0.1) is 6.04 Å². The fourth-order valence-electron chi connectivity index (χ4n) is 3.75. The lowest BCUT2D eigenvalue weighted by molar-refractivity contribution is -0.124. The van der Waals surface area contributed by atoms with Gasteiger partial charge in [0.1, 0.15) is 11.4 Å². The van der Waals surface area contributed by atoms with Crippen LogP contribution in [0.15, 0.2) is 36.2 Å². The topological polar surface area (TPSA) is 46.6 Å². The molecule has 2 fully saturated rings. The van der Waals surface area contributed by atoms with E-state index >= 15 is 0 Å². The van der Waals surface area contributed by atoms with Crippen LogP contribution < -0.4 is 0 Å². The lowest BCUT2D eigenvalue weighted by Gasteiger charge is -2.29. The van der Waals surface area contributed by atoms with Crippen molar-refractivity contribution in [1.29, 1.82) is 0 Å². The number of benzene rings is 1. The van der Waals surface area contributed by atoms with Crippen molar-refractivity contribution >= 4 is 17.4 Å². The number of hydrogen-bond acceptors (Lipinski definition) is 3. The lowest BCUT2D eigenvalue weighted by Crippen LogP contribution is -2.45. The molecule has 1 amide bonds. The van der Waals surface area contributed by atoms with Gasteiger partial charge >= 0.3 is 6.09 Å². The van der Waals surface area contributed by atoms with Crippen molar-refractivity contribution in [3.63, 3.8) is 0 Å². The Morgan fingerprint density at radius 1 is 1.15 bits per heavy atom. The standard InChI is InChI=1S/C22H28FNO3/c1-14(15-8-6-5-7-9-15)17(23)10-11-20(25)19-13-16-12-18(16)24(19)21(26)27-22(2,3)4/h5-9,16,18-19H,10-13H2,1-4H3/b17-14-/t16-,18-,19+/m1/s1. The number of ether oxygens (including phenoxy) is 1. The molecular weight excluding hydrogens is 345 g/mol. The van der Waals surface area contributed by atoms with Crippen molar-refractivity contribution in [2.24, 2.45) is 5.92 Å². The van der Waals surface area contributed by atoms with Gasteiger partial charge < -0.3 is 4.74 Å². The predicted octanol–water partition coefficient (Wildman–Crippen LogP) is 5.13. The maximum absolute atomic E-state index is 14.5. The molecular formula is C22H28FNO3. The van der Waals surface area contributed by atoms with Gasteiger partial charge in [0.15, 0.2) is 5.78 Å². The van der Waals surface area contributed by atoms with Crippen LogP contribution >= 0.6 is 0 Å². The number of allylic oxidation sites excluding steroid dienone is 2. The summed E-state index contributed by atoms with van der Waals surface area (Å²) in [5, 5.41) is 0. The van der Waals surface area contributed by atoms with Gasteiger partial charge in [-0.3, -0.25) is 9.69 Å². The Labute approximate surface area is 160 Å². The molecule has 3 rings (SSSR count). The van der Waals surface area contributed by atoms with Crippen LogP contribution in [0.2, 0.25) is 0 Å². The molecule has 0 radical (unpaired) electrons. The largest absolute Gasteiger partial charge is 0.444 e. The Bertz CT molecular complexity index is 751. The van der Waals surface area contributed by atoms with E-state index in [1.54, 1.807) is 11.8 Å². The molecule has 1 saturated carbocycles. The van der Waals surface area contributed by atoms with E-state index < -0.39 is 17.7 Å². The Morgan fingerprint density at radius 2 is 1.81 bits per heavy atom. The number of amides is 1. The molecule has 0 spiro atoms. The molecule has 0 N–H and O–H groups in total. The summed E-state index contributed by atoms with van der Waals surface area (Å²) in [5.74, 6) is 0.0310. The van der Waals surface area contributed by atoms with Gasteiger partial charge in [-0.15, -0.1) is 0 Å². The Morgan fingerprint density at radius 3 is 2.44 bits per heavy atom. The lowest BCUT2D eigenvalue weighted by atomic mass is 10.0. The average molecular weight is 373 g/mol. The van der Waals surface area contributed by atoms with Crippen LogP contribution in [0.4, 0.5) is 9.18 Å². The van der Waals surface area contributed by atoms with E-state index in [0.29, 0.717) is 17.9 Å². The van der Waals surface area contributed by atoms with Crippen molar-refractivity contribution in [1.82, 2.24) is 4.90 Å². The van der Waals surface area contributed by atoms with Crippen molar-refractivity contribution in [2.75, 3.05) is 0 Å². The second-order valence-electron chi connectivity index (χ2n) is 8.56. The van der Waals surface area contributed by atoms with Crippen molar-refractivity contribution < 1.29 is 18.7 Å². The maximum Gasteiger partial charge on any atom is 0.411 e. The summed E-state index contributed by atoms with van der Waals surface area (Å²) in [6, 6.07) is 8.95. The second kappa shape index (κ2) is 7.45. The summed E-state index contributed by atoms with van der Waals surface area (Å²) in [5.41, 5.74) is 0.779. The van der Waals surface area contributed by atoms with Crippen LogP contribution in [0.3, 0.4) is 0 Å². The van der Waals surface area contributed by atoms with Crippen molar-refractivity contribution in [2.45, 2.75) is 71.1 Å². The first-order chi connectivity index (χ1) is 12.7. The number of halogens is 1. The first kappa shape index (κ1) is 19.6. The number of nitrogens with zero attached hydrogens (tertiary/aromatic N) is 1. The van der Waals surface area contributed by atoms with Gasteiger partial charge in [-0.2, -0.15) is 0 Å². The van der Waals surface area contributed by atoms with Crippen molar-refractivity contribution in [3.05, 3.63) is 41.7 Å². The zero-order chi connectivity index (χ0) is 19.8. The molecule has 0 aromatic heterocycles. The Hall–Kier alpha value is -2.17. The maximum atomic E-state index is 14.5. The van der Waals surface area contributed by atoms with Gasteiger partial charge in [-0.25, -0.2) is 9.18 Å². The van der Waals surface area contributed by atoms with E-state index in [9.17, 15) is 14.0 Å². The number of piperidine rings is 1. The molecule has 1 aliphatic heterocycles. The molecule has 1 saturated heterocycles. The number of hydrogen-bond donors (Lipinski definition) is 0. The van der Waals surface area contributed by atoms with Crippen LogP contribution in [-0.4, -0.2) is 34.5 Å². The summed E-state index contributed by atoms with van der Waals surface area (Å²) < 4.78 is 20.0. The highest BCUT2D eigenvalue weighted by atomic mass is 19.1. The molecule has 0 bridgehead atoms. The summed E-state index contributed by atoms with van der Waals surface area (Å²) in [7, 11) is 0. The van der Waals surface area contributed by atoms with Crippen LogP contribution in [0.1, 0.15) is 58.9 Å². The highest BCUT2D eigenvalue weighted by molar-refractivity contribution is 5.89. The molecule has 3 atom stereocenters. The number of Topliss-reactive ketones (excluding diaryl/α,β-unsaturated/α-hetero) is 1. The van der Waals surface area contributed by atoms with Crippen LogP contribution in [0, 0.1) is 5.92 Å². The minimum absolute atomic E-state index is 0.0630. The first-order valence-corrected chi connectivity index (χ1v) is 9.62. The zero-order valence-corrected chi connectivity index (χ0v) is 16.5. The fraction of sp³-hybridized carbons (Fsp3) is 0.545. The van der Waals surface area contributed by atoms with Gasteiger partial charge in [0.2, 0.25) is 0 Å². The third-order valence-electron chi connectivity index (χ3n) is 5.28. The number of fused-ring (bicyclic) bond motifs is 1. The smallest absolute Gasteiger partial charge is 0.411 e. The van der Waals surface area contributed by atoms with Gasteiger partial charge in [0.25, 0.3) is 0 Å². The van der Waals surface area contributed by atoms with E-state index in [-0.39, 0.29) is 30.5 Å². The van der Waals surface area contributed by atoms with Crippen LogP contribution in [0.5, 0.6) is 0 Å². The molecule has 1 aliphatic carbocycles. The number of likely N-dealkylation sites (tertiary alicyclic amines) is 1. The van der Waals surface area contributed by atoms with Crippen LogP contribution in [0.25, 0.3) is 5.57 Å². The molecule has 1 aromatic carbocycles. The van der Waals surface area contributed by atoms with Gasteiger partial charge in [0, 0.05) is 18.9 Å². The monoisotopic (exact) mass is 373 g/mol. The molecule has 2 aliphatic rings. The third kappa shape index (κ3) is 4.57. The quantitative estimate of drug-likeness (QED) is 0.718. The van der Waals surface area contributed by atoms with Gasteiger partial charge in [-0.1, -0.05) is 30.3 Å². The molecule has 1 heterocycles. The molecule has 27 heavy (non-hydrogen) atoms. The molecule has 4 nitrogen and oxygen atoms in total. The van der Waals surface area contributed by atoms with Crippen molar-refractivity contribution in [3.8, 4) is 0 Å². The second-order valence-corrected chi connectivity index (χ2v) is 8.56. The Balaban J connectivity index is 1.63. The Kier molecular flexibility index (Phi) is 5.41. The SMILES string of the molecule is C/C(=C(/F)CCC(=O)[C@@H]1C[C@H]2C[C@H]2N1C(=O)OC(C)(C)C)c1ccccc1. The summed E-state index contributed by atoms with van der Waals surface area (Å²) in [6.07, 6.45) is 1.34. The molecule has 5 heteroatoms. The van der Waals surface area contributed by atoms with Gasteiger partial charge in [-0.05, 0) is 57.6 Å². The number of carbonyl (C=O) groups excluding carboxylic acids is 2. The molecule has 1 aromatic rings. The number of ketones is 1. The minimum atomic E-state index is -0.598. The first-order valence-electron chi connectivity index (χ1n) is 9.62. The third-order valence-corrected chi connectivity index (χ3v) is 5.28. The summed E-state index contributed by atoms with van der Waals surface area (Å²) in [6.45, 7) is 7.17. The molecule has 146 valence electrons. The van der Waals surface area contributed by atoms with Crippen LogP contribution in [-0.2, 0) is 9.53 Å². The van der Waals surface area contributed by atoms with E-state index in [4.69, 9.17) is 4.74 Å². The summed E-state index contributed by atoms with van der Waals surface area (Å²) >= 11 is 0. The van der Waals surface area contributed by atoms with E-state index in [1.807, 2.05) is 51.1 Å².